The predicted molar refractivity (Wildman–Crippen MR) is 167 cm³/mol. The summed E-state index contributed by atoms with van der Waals surface area (Å²) in [4.78, 5) is 1.27. The summed E-state index contributed by atoms with van der Waals surface area (Å²) in [6.07, 6.45) is 0. The van der Waals surface area contributed by atoms with E-state index in [1.165, 1.54) is 4.90 Å². The number of hydrogen-bond donors (Lipinski definition) is 0. The first-order valence-electron chi connectivity index (χ1n) is 18.0. The maximum absolute atomic E-state index is 9.28. The van der Waals surface area contributed by atoms with Gasteiger partial charge in [0.1, 0.15) is 0 Å². The van der Waals surface area contributed by atoms with Crippen molar-refractivity contribution in [2.75, 3.05) is 4.90 Å². The molecule has 0 fully saturated rings. The molecule has 0 bridgehead atoms. The second-order valence-corrected chi connectivity index (χ2v) is 9.01. The lowest BCUT2D eigenvalue weighted by Gasteiger charge is -2.27. The van der Waals surface area contributed by atoms with Crippen LogP contribution in [-0.4, -0.2) is 0 Å². The molecule has 0 aliphatic heterocycles. The lowest BCUT2D eigenvalue weighted by atomic mass is 10.00. The van der Waals surface area contributed by atoms with Crippen molar-refractivity contribution in [3.05, 3.63) is 164 Å². The van der Waals surface area contributed by atoms with Crippen LogP contribution in [0.1, 0.15) is 15.1 Å². The fourth-order valence-corrected chi connectivity index (χ4v) is 4.70. The average Bonchev–Trinajstić information content (AvgIpc) is 3.13. The molecule has 39 heavy (non-hydrogen) atoms. The van der Waals surface area contributed by atoms with Gasteiger partial charge in [0.25, 0.3) is 0 Å². The van der Waals surface area contributed by atoms with Crippen LogP contribution < -0.4 is 4.90 Å². The van der Waals surface area contributed by atoms with Crippen molar-refractivity contribution in [1.82, 2.24) is 0 Å². The Bertz CT molecular complexity index is 2480. The molecular formula is C38H27N. The molecule has 0 amide bonds. The Hall–Kier alpha value is -5.14. The minimum absolute atomic E-state index is 0.0646. The van der Waals surface area contributed by atoms with Crippen LogP contribution >= 0.6 is 0 Å². The quantitative estimate of drug-likeness (QED) is 0.223. The summed E-state index contributed by atoms with van der Waals surface area (Å²) in [6.45, 7) is 0. The van der Waals surface area contributed by atoms with Gasteiger partial charge in [0.15, 0.2) is 0 Å². The smallest absolute Gasteiger partial charge is 0.0645 e. The Labute approximate surface area is 244 Å². The van der Waals surface area contributed by atoms with Gasteiger partial charge in [-0.2, -0.15) is 0 Å². The van der Waals surface area contributed by atoms with Crippen LogP contribution in [0.3, 0.4) is 0 Å². The minimum Gasteiger partial charge on any atom is -0.310 e. The first-order chi connectivity index (χ1) is 23.9. The molecule has 0 unspecified atom stereocenters. The molecule has 0 N–H and O–H groups in total. The topological polar surface area (TPSA) is 3.24 Å². The highest BCUT2D eigenvalue weighted by Gasteiger charge is 2.16. The number of anilines is 3. The van der Waals surface area contributed by atoms with Gasteiger partial charge in [0.2, 0.25) is 0 Å². The lowest BCUT2D eigenvalue weighted by Crippen LogP contribution is -2.10. The highest BCUT2D eigenvalue weighted by Crippen LogP contribution is 2.40. The molecule has 7 rings (SSSR count). The molecule has 0 spiro atoms. The predicted octanol–water partition coefficient (Wildman–Crippen LogP) is 10.8. The van der Waals surface area contributed by atoms with E-state index < -0.39 is 54.4 Å². The monoisotopic (exact) mass is 508 g/mol. The highest BCUT2D eigenvalue weighted by molar-refractivity contribution is 5.99. The number of fused-ring (bicyclic) bond motifs is 2. The van der Waals surface area contributed by atoms with Crippen molar-refractivity contribution in [2.24, 2.45) is 0 Å². The summed E-state index contributed by atoms with van der Waals surface area (Å²) >= 11 is 0. The summed E-state index contributed by atoms with van der Waals surface area (Å²) in [7, 11) is 0. The molecule has 0 heterocycles. The van der Waals surface area contributed by atoms with Crippen LogP contribution in [0.4, 0.5) is 17.1 Å². The van der Waals surface area contributed by atoms with Crippen molar-refractivity contribution in [1.29, 1.82) is 0 Å². The Morgan fingerprint density at radius 2 is 1.13 bits per heavy atom. The van der Waals surface area contributed by atoms with Gasteiger partial charge in [0.05, 0.1) is 20.8 Å². The van der Waals surface area contributed by atoms with Crippen molar-refractivity contribution < 1.29 is 15.1 Å². The Kier molecular flexibility index (Phi) is 3.61. The molecule has 7 aromatic rings. The van der Waals surface area contributed by atoms with Crippen LogP contribution in [0, 0.1) is 0 Å². The third kappa shape index (κ3) is 4.45. The third-order valence-electron chi connectivity index (χ3n) is 6.60. The normalized spacial score (nSPS) is 15.0. The van der Waals surface area contributed by atoms with Gasteiger partial charge < -0.3 is 4.90 Å². The molecule has 0 radical (unpaired) electrons. The second kappa shape index (κ2) is 9.96. The van der Waals surface area contributed by atoms with Gasteiger partial charge in [0, 0.05) is 16.8 Å². The molecule has 1 heteroatoms. The number of benzene rings is 7. The fourth-order valence-electron chi connectivity index (χ4n) is 4.70. The van der Waals surface area contributed by atoms with E-state index in [2.05, 4.69) is 0 Å². The van der Waals surface area contributed by atoms with Gasteiger partial charge in [-0.15, -0.1) is 0 Å². The zero-order valence-electron chi connectivity index (χ0n) is 31.7. The second-order valence-electron chi connectivity index (χ2n) is 9.01. The molecule has 0 saturated heterocycles. The van der Waals surface area contributed by atoms with E-state index in [4.69, 9.17) is 12.3 Å². The van der Waals surface area contributed by atoms with E-state index in [1.54, 1.807) is 48.5 Å². The van der Waals surface area contributed by atoms with Gasteiger partial charge >= 0.3 is 0 Å². The van der Waals surface area contributed by atoms with Crippen LogP contribution in [0.5, 0.6) is 0 Å². The summed E-state index contributed by atoms with van der Waals surface area (Å²) in [5.41, 5.74) is 1.76. The minimum atomic E-state index is -0.621. The molecule has 1 nitrogen and oxygen atoms in total. The highest BCUT2D eigenvalue weighted by atomic mass is 15.1. The van der Waals surface area contributed by atoms with Gasteiger partial charge in [-0.25, -0.2) is 0 Å². The van der Waals surface area contributed by atoms with Crippen molar-refractivity contribution in [2.45, 2.75) is 0 Å². The molecule has 0 saturated carbocycles. The standard InChI is InChI=1S/C38H27N/c1-2-10-28(11-3-1)30-22-24-35(25-23-30)39(38-19-9-15-31-13-6-7-18-37(31)38)36-17-8-16-33(27-36)34-21-20-29-12-4-5-14-32(29)26-34/h1-27H/i6D,7D,9D,13D,15D,18D,19D,22D,23D,24D,25D. The van der Waals surface area contributed by atoms with E-state index in [1.807, 2.05) is 48.5 Å². The average molecular weight is 509 g/mol. The zero-order chi connectivity index (χ0) is 35.6. The molecule has 184 valence electrons. The van der Waals surface area contributed by atoms with E-state index in [0.29, 0.717) is 11.1 Å². The summed E-state index contributed by atoms with van der Waals surface area (Å²) < 4.78 is 97.6. The lowest BCUT2D eigenvalue weighted by molar-refractivity contribution is 1.30. The summed E-state index contributed by atoms with van der Waals surface area (Å²) in [6, 6.07) is 23.5. The molecule has 7 aromatic carbocycles. The van der Waals surface area contributed by atoms with Crippen LogP contribution in [0.15, 0.2) is 164 Å². The zero-order valence-corrected chi connectivity index (χ0v) is 20.7. The molecular weight excluding hydrogens is 470 g/mol. The maximum Gasteiger partial charge on any atom is 0.0645 e. The largest absolute Gasteiger partial charge is 0.310 e. The van der Waals surface area contributed by atoms with E-state index >= 15 is 0 Å². The van der Waals surface area contributed by atoms with Gasteiger partial charge in [-0.3, -0.25) is 0 Å². The van der Waals surface area contributed by atoms with Gasteiger partial charge in [-0.05, 0) is 74.7 Å². The fraction of sp³-hybridized carbons (Fsp3) is 0. The van der Waals surface area contributed by atoms with Crippen LogP contribution in [0.25, 0.3) is 43.8 Å². The van der Waals surface area contributed by atoms with Crippen molar-refractivity contribution in [3.8, 4) is 22.3 Å². The number of hydrogen-bond acceptors (Lipinski definition) is 1. The first kappa shape index (κ1) is 14.1. The molecule has 0 aliphatic rings. The number of nitrogens with zero attached hydrogens (tertiary/aromatic N) is 1. The third-order valence-corrected chi connectivity index (χ3v) is 6.60. The van der Waals surface area contributed by atoms with Gasteiger partial charge in [-0.1, -0.05) is 127 Å². The van der Waals surface area contributed by atoms with Crippen LogP contribution in [-0.2, 0) is 0 Å². The van der Waals surface area contributed by atoms with E-state index in [0.717, 1.165) is 16.3 Å². The Balaban J connectivity index is 1.61. The Morgan fingerprint density at radius 3 is 2.00 bits per heavy atom. The SMILES string of the molecule is [2H]c1c([2H])c(N(c2cccc(-c3ccc4ccccc4c3)c2)c2c([2H])c([2H])c([2H])c3c([2H])c([2H])c([2H])c([2H])c23)c([2H])c([2H])c1-c1ccccc1. The van der Waals surface area contributed by atoms with E-state index in [9.17, 15) is 2.74 Å². The van der Waals surface area contributed by atoms with E-state index in [-0.39, 0.29) is 45.5 Å². The maximum atomic E-state index is 9.28. The first-order valence-corrected chi connectivity index (χ1v) is 12.5. The Morgan fingerprint density at radius 1 is 0.410 bits per heavy atom. The molecule has 0 atom stereocenters. The summed E-state index contributed by atoms with van der Waals surface area (Å²) in [5, 5.41) is 1.48. The molecule has 0 aliphatic carbocycles. The number of rotatable bonds is 5. The van der Waals surface area contributed by atoms with Crippen LogP contribution in [0.2, 0.25) is 0 Å². The van der Waals surface area contributed by atoms with Crippen molar-refractivity contribution >= 4 is 38.6 Å². The molecule has 0 aromatic heterocycles. The summed E-state index contributed by atoms with van der Waals surface area (Å²) in [5.74, 6) is 0. The van der Waals surface area contributed by atoms with Crippen molar-refractivity contribution in [3.63, 3.8) is 0 Å².